The second kappa shape index (κ2) is 8.91. The van der Waals surface area contributed by atoms with Crippen LogP contribution in [0.25, 0.3) is 5.69 Å². The molecule has 0 spiro atoms. The molecule has 0 atom stereocenters. The summed E-state index contributed by atoms with van der Waals surface area (Å²) in [6.45, 7) is 5.46. The normalized spacial score (nSPS) is 11.2. The zero-order valence-electron chi connectivity index (χ0n) is 18.5. The maximum Gasteiger partial charge on any atom is 0.276 e. The Hall–Kier alpha value is -3.91. The van der Waals surface area contributed by atoms with Gasteiger partial charge >= 0.3 is 0 Å². The maximum absolute atomic E-state index is 13.0. The van der Waals surface area contributed by atoms with Crippen LogP contribution in [0.5, 0.6) is 0 Å². The highest BCUT2D eigenvalue weighted by Crippen LogP contribution is 2.24. The fraction of sp³-hybridized carbons (Fsp3) is 0.120. The predicted molar refractivity (Wildman–Crippen MR) is 129 cm³/mol. The molecule has 0 fully saturated rings. The molecular weight excluding hydrogens is 436 g/mol. The van der Waals surface area contributed by atoms with Gasteiger partial charge in [-0.2, -0.15) is 5.10 Å². The number of anilines is 2. The topological polar surface area (TPSA) is 93.1 Å². The van der Waals surface area contributed by atoms with E-state index in [1.165, 1.54) is 6.07 Å². The Morgan fingerprint density at radius 3 is 2.33 bits per heavy atom. The molecular formula is C25H24N4O3S. The number of carbonyl (C=O) groups is 1. The highest BCUT2D eigenvalue weighted by atomic mass is 32.2. The molecule has 0 unspecified atom stereocenters. The number of hydrogen-bond acceptors (Lipinski definition) is 4. The summed E-state index contributed by atoms with van der Waals surface area (Å²) < 4.78 is 30.3. The average molecular weight is 461 g/mol. The summed E-state index contributed by atoms with van der Waals surface area (Å²) >= 11 is 0. The molecule has 0 aliphatic carbocycles. The van der Waals surface area contributed by atoms with Crippen LogP contribution in [0.2, 0.25) is 0 Å². The standard InChI is InChI=1S/C25H24N4O3S/c1-17-8-7-9-21(14-17)28-33(31,32)24-16-20(13-12-18(24)2)26-25(30)23-15-19(3)29(27-23)22-10-5-4-6-11-22/h4-16,28H,1-3H3,(H,26,30). The van der Waals surface area contributed by atoms with Crippen molar-refractivity contribution in [2.45, 2.75) is 25.7 Å². The second-order valence-electron chi connectivity index (χ2n) is 7.83. The molecule has 4 rings (SSSR count). The summed E-state index contributed by atoms with van der Waals surface area (Å²) in [7, 11) is -3.84. The molecule has 0 radical (unpaired) electrons. The van der Waals surface area contributed by atoms with Gasteiger partial charge in [-0.25, -0.2) is 13.1 Å². The van der Waals surface area contributed by atoms with Gasteiger partial charge in [0.05, 0.1) is 10.6 Å². The number of hydrogen-bond donors (Lipinski definition) is 2. The van der Waals surface area contributed by atoms with Crippen LogP contribution in [0, 0.1) is 20.8 Å². The Bertz CT molecular complexity index is 1430. The first kappa shape index (κ1) is 22.3. The van der Waals surface area contributed by atoms with Crippen molar-refractivity contribution in [3.63, 3.8) is 0 Å². The van der Waals surface area contributed by atoms with Crippen molar-refractivity contribution in [3.8, 4) is 5.69 Å². The van der Waals surface area contributed by atoms with Gasteiger partial charge in [0.1, 0.15) is 0 Å². The van der Waals surface area contributed by atoms with Gasteiger partial charge in [0.15, 0.2) is 5.69 Å². The van der Waals surface area contributed by atoms with Crippen molar-refractivity contribution in [2.24, 2.45) is 0 Å². The van der Waals surface area contributed by atoms with E-state index in [9.17, 15) is 13.2 Å². The van der Waals surface area contributed by atoms with Gasteiger partial charge in [0.2, 0.25) is 0 Å². The summed E-state index contributed by atoms with van der Waals surface area (Å²) in [5.41, 5.74) is 4.24. The Labute approximate surface area is 193 Å². The summed E-state index contributed by atoms with van der Waals surface area (Å²) in [6.07, 6.45) is 0. The van der Waals surface area contributed by atoms with Crippen molar-refractivity contribution in [1.29, 1.82) is 0 Å². The SMILES string of the molecule is Cc1cccc(NS(=O)(=O)c2cc(NC(=O)c3cc(C)n(-c4ccccc4)n3)ccc2C)c1. The van der Waals surface area contributed by atoms with Crippen molar-refractivity contribution in [3.05, 3.63) is 101 Å². The number of amides is 1. The minimum absolute atomic E-state index is 0.0906. The molecule has 33 heavy (non-hydrogen) atoms. The van der Waals surface area contributed by atoms with Gasteiger partial charge in [-0.3, -0.25) is 9.52 Å². The van der Waals surface area contributed by atoms with E-state index in [0.29, 0.717) is 16.9 Å². The molecule has 1 amide bonds. The van der Waals surface area contributed by atoms with E-state index in [1.807, 2.05) is 50.2 Å². The molecule has 7 nitrogen and oxygen atoms in total. The van der Waals surface area contributed by atoms with Gasteiger partial charge in [-0.05, 0) is 74.4 Å². The number of aromatic nitrogens is 2. The third kappa shape index (κ3) is 4.96. The third-order valence-electron chi connectivity index (χ3n) is 5.13. The first-order valence-corrected chi connectivity index (χ1v) is 11.8. The number of aryl methyl sites for hydroxylation is 3. The number of carbonyl (C=O) groups excluding carboxylic acids is 1. The van der Waals surface area contributed by atoms with Crippen LogP contribution in [0.4, 0.5) is 11.4 Å². The molecule has 0 saturated carbocycles. The van der Waals surface area contributed by atoms with Gasteiger partial charge in [0.25, 0.3) is 15.9 Å². The van der Waals surface area contributed by atoms with E-state index in [1.54, 1.807) is 48.0 Å². The van der Waals surface area contributed by atoms with Crippen LogP contribution in [-0.2, 0) is 10.0 Å². The zero-order chi connectivity index (χ0) is 23.6. The smallest absolute Gasteiger partial charge is 0.276 e. The van der Waals surface area contributed by atoms with Crippen LogP contribution in [0.3, 0.4) is 0 Å². The molecule has 168 valence electrons. The van der Waals surface area contributed by atoms with Crippen LogP contribution < -0.4 is 10.0 Å². The molecule has 4 aromatic rings. The molecule has 1 heterocycles. The number of para-hydroxylation sites is 1. The molecule has 3 aromatic carbocycles. The Balaban J connectivity index is 1.58. The lowest BCUT2D eigenvalue weighted by atomic mass is 10.2. The van der Waals surface area contributed by atoms with Crippen molar-refractivity contribution in [1.82, 2.24) is 9.78 Å². The second-order valence-corrected chi connectivity index (χ2v) is 9.48. The first-order valence-electron chi connectivity index (χ1n) is 10.4. The Morgan fingerprint density at radius 2 is 1.61 bits per heavy atom. The van der Waals surface area contributed by atoms with Crippen molar-refractivity contribution >= 4 is 27.3 Å². The molecule has 0 aliphatic heterocycles. The number of nitrogens with zero attached hydrogens (tertiary/aromatic N) is 2. The number of benzene rings is 3. The van der Waals surface area contributed by atoms with Crippen molar-refractivity contribution in [2.75, 3.05) is 10.0 Å². The van der Waals surface area contributed by atoms with Crippen molar-refractivity contribution < 1.29 is 13.2 Å². The number of rotatable bonds is 6. The quantitative estimate of drug-likeness (QED) is 0.430. The molecule has 0 bridgehead atoms. The molecule has 1 aromatic heterocycles. The molecule has 0 saturated heterocycles. The largest absolute Gasteiger partial charge is 0.321 e. The predicted octanol–water partition coefficient (Wildman–Crippen LogP) is 4.85. The number of sulfonamides is 1. The van der Waals surface area contributed by atoms with Crippen LogP contribution in [-0.4, -0.2) is 24.1 Å². The van der Waals surface area contributed by atoms with E-state index >= 15 is 0 Å². The third-order valence-corrected chi connectivity index (χ3v) is 6.65. The summed E-state index contributed by atoms with van der Waals surface area (Å²) in [6, 6.07) is 23.1. The Kier molecular flexibility index (Phi) is 6.02. The van der Waals surface area contributed by atoms with E-state index in [2.05, 4.69) is 15.1 Å². The molecule has 2 N–H and O–H groups in total. The first-order chi connectivity index (χ1) is 15.7. The van der Waals surface area contributed by atoms with Gasteiger partial charge in [0, 0.05) is 17.1 Å². The fourth-order valence-electron chi connectivity index (χ4n) is 3.50. The lowest BCUT2D eigenvalue weighted by Crippen LogP contribution is -2.16. The fourth-order valence-corrected chi connectivity index (χ4v) is 4.82. The van der Waals surface area contributed by atoms with Gasteiger partial charge in [-0.1, -0.05) is 36.4 Å². The average Bonchev–Trinajstić information content (AvgIpc) is 3.17. The maximum atomic E-state index is 13.0. The van der Waals surface area contributed by atoms with Crippen LogP contribution in [0.15, 0.2) is 83.8 Å². The lowest BCUT2D eigenvalue weighted by molar-refractivity contribution is 0.102. The highest BCUT2D eigenvalue weighted by molar-refractivity contribution is 7.92. The monoisotopic (exact) mass is 460 g/mol. The summed E-state index contributed by atoms with van der Waals surface area (Å²) in [5.74, 6) is -0.424. The minimum Gasteiger partial charge on any atom is -0.321 e. The van der Waals surface area contributed by atoms with E-state index in [-0.39, 0.29) is 10.6 Å². The van der Waals surface area contributed by atoms with E-state index < -0.39 is 15.9 Å². The number of nitrogens with one attached hydrogen (secondary N) is 2. The minimum atomic E-state index is -3.84. The van der Waals surface area contributed by atoms with Gasteiger partial charge < -0.3 is 5.32 Å². The Morgan fingerprint density at radius 1 is 0.848 bits per heavy atom. The van der Waals surface area contributed by atoms with Crippen LogP contribution >= 0.6 is 0 Å². The summed E-state index contributed by atoms with van der Waals surface area (Å²) in [4.78, 5) is 12.9. The summed E-state index contributed by atoms with van der Waals surface area (Å²) in [5, 5.41) is 7.16. The lowest BCUT2D eigenvalue weighted by Gasteiger charge is -2.13. The molecule has 8 heteroatoms. The van der Waals surface area contributed by atoms with E-state index in [0.717, 1.165) is 16.9 Å². The van der Waals surface area contributed by atoms with Crippen LogP contribution in [0.1, 0.15) is 27.3 Å². The van der Waals surface area contributed by atoms with Gasteiger partial charge in [-0.15, -0.1) is 0 Å². The van der Waals surface area contributed by atoms with E-state index in [4.69, 9.17) is 0 Å². The zero-order valence-corrected chi connectivity index (χ0v) is 19.3. The molecule has 0 aliphatic rings. The highest BCUT2D eigenvalue weighted by Gasteiger charge is 2.19.